The van der Waals surface area contributed by atoms with E-state index in [0.29, 0.717) is 6.61 Å². The third-order valence-electron chi connectivity index (χ3n) is 3.70. The lowest BCUT2D eigenvalue weighted by atomic mass is 10.0. The van der Waals surface area contributed by atoms with Gasteiger partial charge in [0.1, 0.15) is 0 Å². The second kappa shape index (κ2) is 16.5. The van der Waals surface area contributed by atoms with Gasteiger partial charge in [0, 0.05) is 6.92 Å². The van der Waals surface area contributed by atoms with Crippen molar-refractivity contribution in [3.8, 4) is 0 Å². The molecule has 0 heterocycles. The Morgan fingerprint density at radius 2 is 1.05 bits per heavy atom. The van der Waals surface area contributed by atoms with Gasteiger partial charge in [-0.05, 0) is 6.42 Å². The van der Waals surface area contributed by atoms with Crippen molar-refractivity contribution < 1.29 is 9.53 Å². The molecule has 0 rings (SSSR count). The van der Waals surface area contributed by atoms with E-state index >= 15 is 0 Å². The fourth-order valence-corrected chi connectivity index (χ4v) is 2.44. The highest BCUT2D eigenvalue weighted by Crippen LogP contribution is 2.12. The summed E-state index contributed by atoms with van der Waals surface area (Å²) < 4.78 is 4.91. The van der Waals surface area contributed by atoms with Crippen molar-refractivity contribution in [2.24, 2.45) is 0 Å². The molecule has 2 nitrogen and oxygen atoms in total. The Balaban J connectivity index is 2.94. The van der Waals surface area contributed by atoms with Gasteiger partial charge in [0.05, 0.1) is 6.61 Å². The SMILES string of the molecule is [CH2]CCCCCCCCCCCCCCCOC(C)=O. The molecule has 0 aromatic heterocycles. The molecule has 119 valence electrons. The number of esters is 1. The van der Waals surface area contributed by atoms with E-state index in [-0.39, 0.29) is 5.97 Å². The Kier molecular flexibility index (Phi) is 16.1. The Morgan fingerprint density at radius 3 is 1.40 bits per heavy atom. The van der Waals surface area contributed by atoms with Crippen LogP contribution in [0.1, 0.15) is 96.8 Å². The zero-order chi connectivity index (χ0) is 14.9. The monoisotopic (exact) mass is 283 g/mol. The topological polar surface area (TPSA) is 26.3 Å². The largest absolute Gasteiger partial charge is 0.466 e. The van der Waals surface area contributed by atoms with Gasteiger partial charge < -0.3 is 4.74 Å². The first-order chi connectivity index (χ1) is 9.77. The van der Waals surface area contributed by atoms with E-state index in [2.05, 4.69) is 6.92 Å². The van der Waals surface area contributed by atoms with Crippen LogP contribution in [0.5, 0.6) is 0 Å². The van der Waals surface area contributed by atoms with Gasteiger partial charge in [-0.2, -0.15) is 0 Å². The first-order valence-electron chi connectivity index (χ1n) is 8.70. The summed E-state index contributed by atoms with van der Waals surface area (Å²) in [6.07, 6.45) is 18.4. The molecule has 0 fully saturated rings. The van der Waals surface area contributed by atoms with Gasteiger partial charge in [-0.1, -0.05) is 90.4 Å². The van der Waals surface area contributed by atoms with Crippen LogP contribution in [0.3, 0.4) is 0 Å². The van der Waals surface area contributed by atoms with Crippen molar-refractivity contribution in [2.45, 2.75) is 96.8 Å². The molecule has 0 unspecified atom stereocenters. The van der Waals surface area contributed by atoms with Gasteiger partial charge in [-0.15, -0.1) is 0 Å². The van der Waals surface area contributed by atoms with E-state index in [9.17, 15) is 4.79 Å². The summed E-state index contributed by atoms with van der Waals surface area (Å²) in [4.78, 5) is 10.6. The molecule has 0 aliphatic rings. The zero-order valence-corrected chi connectivity index (χ0v) is 13.6. The average molecular weight is 283 g/mol. The van der Waals surface area contributed by atoms with Crippen molar-refractivity contribution in [1.29, 1.82) is 0 Å². The fourth-order valence-electron chi connectivity index (χ4n) is 2.44. The van der Waals surface area contributed by atoms with Gasteiger partial charge in [0.2, 0.25) is 0 Å². The molecular weight excluding hydrogens is 248 g/mol. The van der Waals surface area contributed by atoms with Crippen LogP contribution in [-0.2, 0) is 9.53 Å². The van der Waals surface area contributed by atoms with Crippen LogP contribution >= 0.6 is 0 Å². The highest BCUT2D eigenvalue weighted by atomic mass is 16.5. The van der Waals surface area contributed by atoms with Gasteiger partial charge in [0.15, 0.2) is 0 Å². The molecule has 0 spiro atoms. The third kappa shape index (κ3) is 17.5. The maximum absolute atomic E-state index is 10.6. The van der Waals surface area contributed by atoms with Crippen molar-refractivity contribution in [1.82, 2.24) is 0 Å². The summed E-state index contributed by atoms with van der Waals surface area (Å²) >= 11 is 0. The third-order valence-corrected chi connectivity index (χ3v) is 3.70. The Hall–Kier alpha value is -0.530. The number of unbranched alkanes of at least 4 members (excludes halogenated alkanes) is 13. The van der Waals surface area contributed by atoms with Crippen LogP contribution in [0.15, 0.2) is 0 Å². The molecule has 0 bridgehead atoms. The van der Waals surface area contributed by atoms with E-state index in [1.807, 2.05) is 0 Å². The van der Waals surface area contributed by atoms with Gasteiger partial charge >= 0.3 is 5.97 Å². The van der Waals surface area contributed by atoms with Crippen LogP contribution in [-0.4, -0.2) is 12.6 Å². The maximum atomic E-state index is 10.6. The second-order valence-electron chi connectivity index (χ2n) is 5.79. The highest BCUT2D eigenvalue weighted by molar-refractivity contribution is 5.65. The van der Waals surface area contributed by atoms with Crippen molar-refractivity contribution in [3.05, 3.63) is 6.92 Å². The highest BCUT2D eigenvalue weighted by Gasteiger charge is 1.95. The van der Waals surface area contributed by atoms with E-state index in [1.165, 1.54) is 84.0 Å². The van der Waals surface area contributed by atoms with Crippen LogP contribution in [0, 0.1) is 6.92 Å². The molecule has 0 amide bonds. The normalized spacial score (nSPS) is 10.7. The Bertz CT molecular complexity index is 202. The predicted octanol–water partition coefficient (Wildman–Crippen LogP) is 5.84. The molecular formula is C18H35O2. The summed E-state index contributed by atoms with van der Waals surface area (Å²) in [6.45, 7) is 5.94. The molecule has 0 aromatic rings. The zero-order valence-electron chi connectivity index (χ0n) is 13.6. The summed E-state index contributed by atoms with van der Waals surface area (Å²) in [7, 11) is 0. The lowest BCUT2D eigenvalue weighted by Crippen LogP contribution is -2.00. The van der Waals surface area contributed by atoms with E-state index in [1.54, 1.807) is 0 Å². The second-order valence-corrected chi connectivity index (χ2v) is 5.79. The van der Waals surface area contributed by atoms with E-state index in [4.69, 9.17) is 4.74 Å². The summed E-state index contributed by atoms with van der Waals surface area (Å²) in [6, 6.07) is 0. The minimum absolute atomic E-state index is 0.156. The van der Waals surface area contributed by atoms with Gasteiger partial charge in [0.25, 0.3) is 0 Å². The summed E-state index contributed by atoms with van der Waals surface area (Å²) in [5, 5.41) is 0. The molecule has 0 aliphatic heterocycles. The van der Waals surface area contributed by atoms with E-state index in [0.717, 1.165) is 12.8 Å². The minimum atomic E-state index is -0.156. The number of carbonyl (C=O) groups excluding carboxylic acids is 1. The lowest BCUT2D eigenvalue weighted by molar-refractivity contribution is -0.141. The number of hydrogen-bond acceptors (Lipinski definition) is 2. The summed E-state index contributed by atoms with van der Waals surface area (Å²) in [5.74, 6) is -0.156. The van der Waals surface area contributed by atoms with Gasteiger partial charge in [-0.25, -0.2) is 0 Å². The first kappa shape index (κ1) is 19.5. The Morgan fingerprint density at radius 1 is 0.700 bits per heavy atom. The quantitative estimate of drug-likeness (QED) is 0.278. The summed E-state index contributed by atoms with van der Waals surface area (Å²) in [5.41, 5.74) is 0. The van der Waals surface area contributed by atoms with Crippen molar-refractivity contribution >= 4 is 5.97 Å². The molecule has 0 aromatic carbocycles. The minimum Gasteiger partial charge on any atom is -0.466 e. The molecule has 20 heavy (non-hydrogen) atoms. The van der Waals surface area contributed by atoms with Crippen LogP contribution in [0.2, 0.25) is 0 Å². The molecule has 0 atom stereocenters. The number of carbonyl (C=O) groups is 1. The first-order valence-corrected chi connectivity index (χ1v) is 8.70. The standard InChI is InChI=1S/C18H35O2/c1-3-4-5-6-7-8-9-10-11-12-13-14-15-16-17-20-18(2)19/h1,3-17H2,2H3. The van der Waals surface area contributed by atoms with Gasteiger partial charge in [-0.3, -0.25) is 4.79 Å². The van der Waals surface area contributed by atoms with Crippen LogP contribution in [0.25, 0.3) is 0 Å². The average Bonchev–Trinajstić information content (AvgIpc) is 2.43. The maximum Gasteiger partial charge on any atom is 0.302 e. The molecule has 0 saturated heterocycles. The lowest BCUT2D eigenvalue weighted by Gasteiger charge is -2.03. The molecule has 2 heteroatoms. The number of hydrogen-bond donors (Lipinski definition) is 0. The molecule has 0 aliphatic carbocycles. The Labute approximate surface area is 126 Å². The molecule has 0 saturated carbocycles. The number of ether oxygens (including phenoxy) is 1. The molecule has 0 N–H and O–H groups in total. The van der Waals surface area contributed by atoms with Crippen molar-refractivity contribution in [2.75, 3.05) is 6.61 Å². The van der Waals surface area contributed by atoms with Crippen LogP contribution < -0.4 is 0 Å². The predicted molar refractivity (Wildman–Crippen MR) is 86.6 cm³/mol. The number of rotatable bonds is 15. The van der Waals surface area contributed by atoms with Crippen molar-refractivity contribution in [3.63, 3.8) is 0 Å². The fraction of sp³-hybridized carbons (Fsp3) is 0.889. The van der Waals surface area contributed by atoms with Crippen LogP contribution in [0.4, 0.5) is 0 Å². The van der Waals surface area contributed by atoms with E-state index < -0.39 is 0 Å². The molecule has 1 radical (unpaired) electrons. The smallest absolute Gasteiger partial charge is 0.302 e.